The van der Waals surface area contributed by atoms with E-state index in [1.165, 1.54) is 0 Å². The molecule has 11 heavy (non-hydrogen) atoms. The molecule has 0 bridgehead atoms. The lowest BCUT2D eigenvalue weighted by Gasteiger charge is -2.31. The molecule has 1 N–H and O–H groups in total. The van der Waals surface area contributed by atoms with Crippen LogP contribution in [0.3, 0.4) is 0 Å². The highest BCUT2D eigenvalue weighted by Crippen LogP contribution is 2.47. The van der Waals surface area contributed by atoms with Crippen LogP contribution in [0.15, 0.2) is 12.7 Å². The van der Waals surface area contributed by atoms with Crippen LogP contribution in [-0.2, 0) is 4.74 Å². The Balaban J connectivity index is 1.98. The maximum absolute atomic E-state index is 9.59. The Labute approximate surface area is 66.9 Å². The molecule has 0 aromatic rings. The molecule has 1 heterocycles. The summed E-state index contributed by atoms with van der Waals surface area (Å²) in [5, 5.41) is 9.59. The summed E-state index contributed by atoms with van der Waals surface area (Å²) in [5.74, 6) is 0.154. The smallest absolute Gasteiger partial charge is 0.0709 e. The molecule has 2 aliphatic rings. The second kappa shape index (κ2) is 2.32. The Morgan fingerprint density at radius 2 is 2.27 bits per heavy atom. The Kier molecular flexibility index (Phi) is 1.55. The summed E-state index contributed by atoms with van der Waals surface area (Å²) < 4.78 is 5.62. The molecule has 2 fully saturated rings. The van der Waals surface area contributed by atoms with E-state index in [0.717, 1.165) is 19.3 Å². The number of ether oxygens (including phenoxy) is 1. The molecular formula is C9H14O2. The van der Waals surface area contributed by atoms with E-state index in [9.17, 15) is 5.11 Å². The van der Waals surface area contributed by atoms with Crippen LogP contribution in [0.2, 0.25) is 0 Å². The first kappa shape index (κ1) is 7.32. The molecule has 1 aliphatic carbocycles. The van der Waals surface area contributed by atoms with Gasteiger partial charge in [-0.2, -0.15) is 0 Å². The van der Waals surface area contributed by atoms with Gasteiger partial charge in [0, 0.05) is 12.3 Å². The highest BCUT2D eigenvalue weighted by atomic mass is 16.5. The van der Waals surface area contributed by atoms with Crippen molar-refractivity contribution in [2.24, 2.45) is 5.92 Å². The molecule has 1 aliphatic heterocycles. The predicted molar refractivity (Wildman–Crippen MR) is 42.2 cm³/mol. The fraction of sp³-hybridized carbons (Fsp3) is 0.778. The summed E-state index contributed by atoms with van der Waals surface area (Å²) in [6.45, 7) is 4.32. The van der Waals surface area contributed by atoms with Crippen LogP contribution in [0.1, 0.15) is 19.3 Å². The molecule has 0 aromatic heterocycles. The van der Waals surface area contributed by atoms with Gasteiger partial charge in [-0.15, -0.1) is 6.58 Å². The molecule has 1 saturated heterocycles. The summed E-state index contributed by atoms with van der Waals surface area (Å²) in [6.07, 6.45) is 4.65. The number of rotatable bonds is 1. The third-order valence-electron chi connectivity index (χ3n) is 2.77. The van der Waals surface area contributed by atoms with E-state index in [1.807, 2.05) is 0 Å². The second-order valence-corrected chi connectivity index (χ2v) is 3.67. The lowest BCUT2D eigenvalue weighted by molar-refractivity contribution is -0.0834. The fourth-order valence-electron chi connectivity index (χ4n) is 1.69. The van der Waals surface area contributed by atoms with E-state index < -0.39 is 0 Å². The van der Waals surface area contributed by atoms with Gasteiger partial charge in [-0.25, -0.2) is 0 Å². The van der Waals surface area contributed by atoms with Crippen molar-refractivity contribution in [2.75, 3.05) is 6.61 Å². The average molecular weight is 154 g/mol. The maximum Gasteiger partial charge on any atom is 0.0709 e. The van der Waals surface area contributed by atoms with Crippen molar-refractivity contribution in [2.45, 2.75) is 31.0 Å². The molecular weight excluding hydrogens is 140 g/mol. The molecule has 1 spiro atoms. The quantitative estimate of drug-likeness (QED) is 0.573. The van der Waals surface area contributed by atoms with Crippen LogP contribution >= 0.6 is 0 Å². The molecule has 2 rings (SSSR count). The summed E-state index contributed by atoms with van der Waals surface area (Å²) >= 11 is 0. The van der Waals surface area contributed by atoms with Crippen LogP contribution < -0.4 is 0 Å². The summed E-state index contributed by atoms with van der Waals surface area (Å²) in [4.78, 5) is 0. The van der Waals surface area contributed by atoms with Gasteiger partial charge in [0.25, 0.3) is 0 Å². The Morgan fingerprint density at radius 3 is 2.73 bits per heavy atom. The highest BCUT2D eigenvalue weighted by molar-refractivity contribution is 5.03. The van der Waals surface area contributed by atoms with E-state index in [1.54, 1.807) is 6.08 Å². The van der Waals surface area contributed by atoms with Gasteiger partial charge in [-0.05, 0) is 12.8 Å². The molecule has 1 saturated carbocycles. The van der Waals surface area contributed by atoms with Gasteiger partial charge in [-0.3, -0.25) is 0 Å². The zero-order chi connectivity index (χ0) is 7.90. The molecule has 0 radical (unpaired) electrons. The normalized spacial score (nSPS) is 40.5. The van der Waals surface area contributed by atoms with Gasteiger partial charge in [0.15, 0.2) is 0 Å². The van der Waals surface area contributed by atoms with Crippen molar-refractivity contribution < 1.29 is 9.84 Å². The zero-order valence-corrected chi connectivity index (χ0v) is 6.62. The summed E-state index contributed by atoms with van der Waals surface area (Å²) in [6, 6.07) is 0. The number of aliphatic hydroxyl groups excluding tert-OH is 1. The van der Waals surface area contributed by atoms with Gasteiger partial charge < -0.3 is 9.84 Å². The minimum atomic E-state index is -0.219. The SMILES string of the molecule is C=CC1COC2(CC2)C[C@H]1O. The summed E-state index contributed by atoms with van der Waals surface area (Å²) in [7, 11) is 0. The Bertz CT molecular complexity index is 172. The van der Waals surface area contributed by atoms with E-state index in [-0.39, 0.29) is 17.6 Å². The molecule has 2 atom stereocenters. The first-order chi connectivity index (χ1) is 5.26. The van der Waals surface area contributed by atoms with Gasteiger partial charge in [-0.1, -0.05) is 6.08 Å². The Morgan fingerprint density at radius 1 is 1.55 bits per heavy atom. The second-order valence-electron chi connectivity index (χ2n) is 3.67. The van der Waals surface area contributed by atoms with Gasteiger partial charge >= 0.3 is 0 Å². The number of hydrogen-bond acceptors (Lipinski definition) is 2. The molecule has 2 heteroatoms. The fourth-order valence-corrected chi connectivity index (χ4v) is 1.69. The molecule has 0 amide bonds. The van der Waals surface area contributed by atoms with Crippen LogP contribution in [0.25, 0.3) is 0 Å². The zero-order valence-electron chi connectivity index (χ0n) is 6.62. The van der Waals surface area contributed by atoms with Gasteiger partial charge in [0.05, 0.1) is 18.3 Å². The van der Waals surface area contributed by atoms with Crippen LogP contribution in [0.5, 0.6) is 0 Å². The van der Waals surface area contributed by atoms with E-state index in [4.69, 9.17) is 4.74 Å². The van der Waals surface area contributed by atoms with Gasteiger partial charge in [0.2, 0.25) is 0 Å². The first-order valence-electron chi connectivity index (χ1n) is 4.20. The summed E-state index contributed by atoms with van der Waals surface area (Å²) in [5.41, 5.74) is 0.0823. The predicted octanol–water partition coefficient (Wildman–Crippen LogP) is 1.10. The van der Waals surface area contributed by atoms with Crippen molar-refractivity contribution >= 4 is 0 Å². The van der Waals surface area contributed by atoms with Crippen molar-refractivity contribution in [1.29, 1.82) is 0 Å². The number of aliphatic hydroxyl groups is 1. The average Bonchev–Trinajstić information content (AvgIpc) is 2.70. The molecule has 0 aromatic carbocycles. The van der Waals surface area contributed by atoms with Crippen LogP contribution in [0, 0.1) is 5.92 Å². The lowest BCUT2D eigenvalue weighted by atomic mass is 9.94. The van der Waals surface area contributed by atoms with Crippen molar-refractivity contribution in [3.05, 3.63) is 12.7 Å². The lowest BCUT2D eigenvalue weighted by Crippen LogP contribution is -2.37. The first-order valence-corrected chi connectivity index (χ1v) is 4.20. The third-order valence-corrected chi connectivity index (χ3v) is 2.77. The molecule has 1 unspecified atom stereocenters. The number of hydrogen-bond donors (Lipinski definition) is 1. The van der Waals surface area contributed by atoms with E-state index >= 15 is 0 Å². The standard InChI is InChI=1S/C9H14O2/c1-2-7-6-11-9(3-4-9)5-8(7)10/h2,7-8,10H,1,3-6H2/t7?,8-/m1/s1. The maximum atomic E-state index is 9.59. The molecule has 62 valence electrons. The van der Waals surface area contributed by atoms with E-state index in [2.05, 4.69) is 6.58 Å². The highest BCUT2D eigenvalue weighted by Gasteiger charge is 2.49. The minimum Gasteiger partial charge on any atom is -0.392 e. The van der Waals surface area contributed by atoms with Crippen molar-refractivity contribution in [3.8, 4) is 0 Å². The third kappa shape index (κ3) is 1.21. The van der Waals surface area contributed by atoms with Crippen molar-refractivity contribution in [3.63, 3.8) is 0 Å². The monoisotopic (exact) mass is 154 g/mol. The Hall–Kier alpha value is -0.340. The van der Waals surface area contributed by atoms with Crippen LogP contribution in [0.4, 0.5) is 0 Å². The topological polar surface area (TPSA) is 29.5 Å². The largest absolute Gasteiger partial charge is 0.392 e. The minimum absolute atomic E-state index is 0.0823. The van der Waals surface area contributed by atoms with Crippen LogP contribution in [-0.4, -0.2) is 23.4 Å². The van der Waals surface area contributed by atoms with E-state index in [0.29, 0.717) is 6.61 Å². The van der Waals surface area contributed by atoms with Crippen molar-refractivity contribution in [1.82, 2.24) is 0 Å². The van der Waals surface area contributed by atoms with Gasteiger partial charge in [0.1, 0.15) is 0 Å². The molecule has 2 nitrogen and oxygen atoms in total.